The fourth-order valence-corrected chi connectivity index (χ4v) is 12.1. The van der Waals surface area contributed by atoms with Gasteiger partial charge in [-0.05, 0) is 113 Å². The summed E-state index contributed by atoms with van der Waals surface area (Å²) in [6.07, 6.45) is -2.74. The van der Waals surface area contributed by atoms with Crippen LogP contribution in [0.5, 0.6) is 0 Å². The first kappa shape index (κ1) is 97.4. The Hall–Kier alpha value is -10.8. The highest BCUT2D eigenvalue weighted by Crippen LogP contribution is 2.22. The number of aliphatic carboxylic acids is 3. The van der Waals surface area contributed by atoms with Crippen LogP contribution in [0.3, 0.4) is 0 Å². The topological polar surface area (TPSA) is 663 Å². The summed E-state index contributed by atoms with van der Waals surface area (Å²) in [5.41, 5.74) is 23.7. The number of unbranched alkanes of at least 4 members (excludes halogenated alkanes) is 2. The molecule has 40 heteroatoms. The van der Waals surface area contributed by atoms with Crippen molar-refractivity contribution in [2.75, 3.05) is 39.5 Å². The smallest absolute Gasteiger partial charge is 0.328 e. The minimum Gasteiger partial charge on any atom is -0.481 e. The molecule has 0 bridgehead atoms. The molecule has 26 N–H and O–H groups in total. The van der Waals surface area contributed by atoms with Gasteiger partial charge in [-0.25, -0.2) is 4.79 Å². The maximum Gasteiger partial charge on any atom is 0.328 e. The predicted molar refractivity (Wildman–Crippen MR) is 408 cm³/mol. The van der Waals surface area contributed by atoms with Gasteiger partial charge in [0.1, 0.15) is 84.6 Å². The van der Waals surface area contributed by atoms with Gasteiger partial charge in [0.2, 0.25) is 82.7 Å². The number of likely N-dealkylation sites (tertiary alicyclic amines) is 1. The zero-order valence-corrected chi connectivity index (χ0v) is 65.0. The fourth-order valence-electron chi connectivity index (χ4n) is 12.1. The van der Waals surface area contributed by atoms with Crippen molar-refractivity contribution in [2.45, 2.75) is 229 Å². The highest BCUT2D eigenvalue weighted by atomic mass is 16.4. The van der Waals surface area contributed by atoms with Gasteiger partial charge in [0.05, 0.1) is 26.2 Å². The van der Waals surface area contributed by atoms with Crippen LogP contribution in [0, 0.1) is 17.8 Å². The molecule has 2 aromatic rings. The van der Waals surface area contributed by atoms with Crippen molar-refractivity contribution in [3.8, 4) is 0 Å². The molecule has 0 aromatic heterocycles. The molecule has 1 fully saturated rings. The van der Waals surface area contributed by atoms with Gasteiger partial charge >= 0.3 is 17.9 Å². The number of aliphatic hydroxyl groups is 3. The maximum absolute atomic E-state index is 14.9. The van der Waals surface area contributed by atoms with Crippen molar-refractivity contribution < 1.29 is 112 Å². The number of benzene rings is 2. The molecular formula is C74H115N17O23. The van der Waals surface area contributed by atoms with E-state index >= 15 is 0 Å². The zero-order valence-electron chi connectivity index (χ0n) is 65.0. The van der Waals surface area contributed by atoms with Crippen molar-refractivity contribution in [1.29, 1.82) is 0 Å². The lowest BCUT2D eigenvalue weighted by atomic mass is 9.99. The summed E-state index contributed by atoms with van der Waals surface area (Å²) in [6.45, 7) is 6.85. The second-order valence-corrected chi connectivity index (χ2v) is 28.9. The second kappa shape index (κ2) is 50.3. The molecule has 0 spiro atoms. The van der Waals surface area contributed by atoms with E-state index in [2.05, 4.69) is 63.8 Å². The molecule has 1 saturated heterocycles. The number of aliphatic hydroxyl groups excluding tert-OH is 3. The first-order valence-corrected chi connectivity index (χ1v) is 37.9. The van der Waals surface area contributed by atoms with Crippen LogP contribution in [0.1, 0.15) is 143 Å². The van der Waals surface area contributed by atoms with Crippen LogP contribution in [-0.4, -0.2) is 260 Å². The van der Waals surface area contributed by atoms with Crippen molar-refractivity contribution >= 4 is 101 Å². The van der Waals surface area contributed by atoms with Crippen molar-refractivity contribution in [1.82, 2.24) is 68.7 Å². The Kier molecular flexibility index (Phi) is 43.0. The number of carboxylic acids is 3. The van der Waals surface area contributed by atoms with E-state index in [-0.39, 0.29) is 83.3 Å². The average Bonchev–Trinajstić information content (AvgIpc) is 1.63. The second-order valence-electron chi connectivity index (χ2n) is 28.9. The number of carbonyl (C=O) groups is 17. The minimum absolute atomic E-state index is 0.0100. The Morgan fingerprint density at radius 2 is 0.789 bits per heavy atom. The molecule has 114 heavy (non-hydrogen) atoms. The molecule has 2 aromatic carbocycles. The lowest BCUT2D eigenvalue weighted by molar-refractivity contribution is -0.144. The van der Waals surface area contributed by atoms with Crippen LogP contribution in [0.15, 0.2) is 60.7 Å². The summed E-state index contributed by atoms with van der Waals surface area (Å²) in [6, 6.07) is -5.74. The van der Waals surface area contributed by atoms with Crippen LogP contribution in [0.25, 0.3) is 0 Å². The average molecular weight is 1610 g/mol. The van der Waals surface area contributed by atoms with Crippen LogP contribution >= 0.6 is 0 Å². The largest absolute Gasteiger partial charge is 0.481 e. The molecule has 1 aliphatic heterocycles. The SMILES string of the molecule is CC(C)C[C@H](NC(=O)[C@H](Cc1ccccc1)NC(=O)[C@H](CCC(=O)O)NC(=O)[C@H](CO)NC(=O)[C@H](CC(N)=O)NC(=O)[C@@H](NC(=O)[C@H](Cc1ccccc1)NC(=O)[C@@H](N)CO)C(C)C)C(=O)N[C@@H](CCCCN)C(=O)N1CCC[C@H]1C(=O)N[C@@H](CCC(=O)O)C(=O)N[C@H](C(=O)N[C@@H](CCCCN)C(=O)N[C@@H](CO)C(=O)O)C(C)C. The summed E-state index contributed by atoms with van der Waals surface area (Å²) >= 11 is 0. The molecule has 3 rings (SSSR count). The Balaban J connectivity index is 1.94. The highest BCUT2D eigenvalue weighted by molar-refractivity contribution is 6.01. The molecule has 14 atom stereocenters. The molecule has 0 aliphatic carbocycles. The summed E-state index contributed by atoms with van der Waals surface area (Å²) < 4.78 is 0. The molecule has 40 nitrogen and oxygen atoms in total. The molecule has 634 valence electrons. The van der Waals surface area contributed by atoms with Gasteiger partial charge in [-0.2, -0.15) is 0 Å². The standard InChI is InChI=1S/C74H115N17O23/c1-39(2)32-49(65(104)82-48(23-14-16-30-76)73(112)91-31-17-24-55(91)70(109)80-47(26-28-58(98)99)64(103)89-59(40(3)4)71(110)81-45(22-13-15-29-75)62(101)88-54(38-94)74(113)114)84-66(105)50(33-42-18-9-7-10-19-42)85-63(102)46(25-27-57(96)97)79-69(108)53(37-93)87-67(106)52(35-56(78)95)86-72(111)60(41(5)6)90-68(107)51(83-61(100)44(77)36-92)34-43-20-11-8-12-21-43/h7-12,18-21,39-41,44-55,59-60,92-94H,13-17,22-38,75-77H2,1-6H3,(H2,78,95)(H,79,108)(H,80,109)(H,81,110)(H,82,104)(H,83,100)(H,84,105)(H,85,102)(H,86,111)(H,87,106)(H,88,101)(H,89,103)(H,90,107)(H,96,97)(H,98,99)(H,113,114)/t44-,45-,46-,47-,48-,49-,50-,51-,52-,53-,54-,55-,59-,60-/m0/s1. The third-order valence-electron chi connectivity index (χ3n) is 18.4. The number of amides is 14. The first-order chi connectivity index (χ1) is 53.9. The van der Waals surface area contributed by atoms with E-state index in [0.717, 1.165) is 0 Å². The molecule has 0 saturated carbocycles. The van der Waals surface area contributed by atoms with E-state index < -0.39 is 249 Å². The Morgan fingerprint density at radius 1 is 0.421 bits per heavy atom. The molecule has 0 unspecified atom stereocenters. The van der Waals surface area contributed by atoms with E-state index in [4.69, 9.17) is 22.9 Å². The molecule has 14 amide bonds. The zero-order chi connectivity index (χ0) is 85.5. The minimum atomic E-state index is -2.02. The van der Waals surface area contributed by atoms with E-state index in [9.17, 15) is 112 Å². The Bertz CT molecular complexity index is 3580. The highest BCUT2D eigenvalue weighted by Gasteiger charge is 2.42. The van der Waals surface area contributed by atoms with Crippen LogP contribution < -0.4 is 86.7 Å². The number of nitrogens with zero attached hydrogens (tertiary/aromatic N) is 1. The maximum atomic E-state index is 14.9. The van der Waals surface area contributed by atoms with Gasteiger partial charge in [-0.3, -0.25) is 76.7 Å². The molecule has 1 heterocycles. The van der Waals surface area contributed by atoms with Gasteiger partial charge in [0.25, 0.3) is 0 Å². The van der Waals surface area contributed by atoms with Gasteiger partial charge in [-0.1, -0.05) is 102 Å². The number of primary amides is 1. The summed E-state index contributed by atoms with van der Waals surface area (Å²) in [4.78, 5) is 233. The third kappa shape index (κ3) is 33.9. The number of hydrogen-bond acceptors (Lipinski definition) is 23. The van der Waals surface area contributed by atoms with E-state index in [1.807, 2.05) is 0 Å². The number of hydrogen-bond donors (Lipinski definition) is 22. The number of nitrogens with two attached hydrogens (primary N) is 4. The first-order valence-electron chi connectivity index (χ1n) is 37.9. The van der Waals surface area contributed by atoms with Gasteiger partial charge in [0.15, 0.2) is 0 Å². The quantitative estimate of drug-likeness (QED) is 0.0274. The molecule has 0 radical (unpaired) electrons. The van der Waals surface area contributed by atoms with Crippen molar-refractivity contribution in [3.05, 3.63) is 71.8 Å². The number of rotatable bonds is 53. The number of nitrogens with one attached hydrogen (secondary N) is 12. The number of carbonyl (C=O) groups excluding carboxylic acids is 14. The summed E-state index contributed by atoms with van der Waals surface area (Å²) in [5.74, 6) is -20.6. The van der Waals surface area contributed by atoms with Gasteiger partial charge in [-0.15, -0.1) is 0 Å². The normalized spacial score (nSPS) is 16.0. The molecule has 1 aliphatic rings. The van der Waals surface area contributed by atoms with Gasteiger partial charge in [0, 0.05) is 32.2 Å². The van der Waals surface area contributed by atoms with E-state index in [0.29, 0.717) is 24.0 Å². The number of carboxylic acid groups (broad SMARTS) is 3. The van der Waals surface area contributed by atoms with E-state index in [1.54, 1.807) is 74.5 Å². The Morgan fingerprint density at radius 3 is 1.24 bits per heavy atom. The lowest BCUT2D eigenvalue weighted by Gasteiger charge is -2.31. The Labute approximate surface area is 659 Å². The fraction of sp³-hybridized carbons (Fsp3) is 0.608. The molecular weight excluding hydrogens is 1490 g/mol. The van der Waals surface area contributed by atoms with Gasteiger partial charge < -0.3 is 122 Å². The van der Waals surface area contributed by atoms with Crippen molar-refractivity contribution in [2.24, 2.45) is 40.7 Å². The van der Waals surface area contributed by atoms with Crippen LogP contribution in [0.2, 0.25) is 0 Å². The lowest BCUT2D eigenvalue weighted by Crippen LogP contribution is -2.62. The van der Waals surface area contributed by atoms with Crippen molar-refractivity contribution in [3.63, 3.8) is 0 Å². The monoisotopic (exact) mass is 1610 g/mol. The summed E-state index contributed by atoms with van der Waals surface area (Å²) in [5, 5.41) is 87.9. The van der Waals surface area contributed by atoms with E-state index in [1.165, 1.54) is 32.6 Å². The van der Waals surface area contributed by atoms with Crippen LogP contribution in [0.4, 0.5) is 0 Å². The van der Waals surface area contributed by atoms with Crippen LogP contribution in [-0.2, 0) is 94.3 Å². The predicted octanol–water partition coefficient (Wildman–Crippen LogP) is -6.11. The third-order valence-corrected chi connectivity index (χ3v) is 18.4. The summed E-state index contributed by atoms with van der Waals surface area (Å²) in [7, 11) is 0.